The van der Waals surface area contributed by atoms with Gasteiger partial charge in [0, 0.05) is 23.9 Å². The highest BCUT2D eigenvalue weighted by Gasteiger charge is 2.27. The van der Waals surface area contributed by atoms with Crippen molar-refractivity contribution in [3.05, 3.63) is 106 Å². The molecule has 2 atom stereocenters. The zero-order valence-corrected chi connectivity index (χ0v) is 18.8. The lowest BCUT2D eigenvalue weighted by molar-refractivity contribution is 0.0869. The Hall–Kier alpha value is -3.42. The standard InChI is InChI=1S/C26H22ClF2N3O2/c27-21-6-3-5-20(25(21)24-12-17(14-31-24)16-7-9-18(28)10-8-16)26(34)32-23(22(29)15-33)13-19-4-1-2-11-30-19/h1-12,22-23,33H,13-15H2,(H,32,34)/t22-,23-/m1/s1. The molecule has 1 aromatic heterocycles. The summed E-state index contributed by atoms with van der Waals surface area (Å²) in [6, 6.07) is 15.2. The maximum atomic E-state index is 14.5. The fourth-order valence-electron chi connectivity index (χ4n) is 3.78. The van der Waals surface area contributed by atoms with E-state index >= 15 is 0 Å². The predicted octanol–water partition coefficient (Wildman–Crippen LogP) is 4.43. The lowest BCUT2D eigenvalue weighted by atomic mass is 9.99. The molecule has 174 valence electrons. The van der Waals surface area contributed by atoms with Crippen LogP contribution in [0.3, 0.4) is 0 Å². The van der Waals surface area contributed by atoms with Crippen LogP contribution < -0.4 is 5.32 Å². The number of aliphatic hydroxyl groups excluding tert-OH is 1. The van der Waals surface area contributed by atoms with Gasteiger partial charge in [0.25, 0.3) is 5.91 Å². The van der Waals surface area contributed by atoms with Crippen molar-refractivity contribution in [2.24, 2.45) is 4.99 Å². The molecule has 8 heteroatoms. The van der Waals surface area contributed by atoms with Gasteiger partial charge >= 0.3 is 0 Å². The van der Waals surface area contributed by atoms with Gasteiger partial charge in [-0.25, -0.2) is 8.78 Å². The van der Waals surface area contributed by atoms with Crippen LogP contribution >= 0.6 is 11.6 Å². The van der Waals surface area contributed by atoms with Gasteiger partial charge in [0.2, 0.25) is 0 Å². The Bertz CT molecular complexity index is 1230. The van der Waals surface area contributed by atoms with Crippen molar-refractivity contribution < 1.29 is 18.7 Å². The maximum Gasteiger partial charge on any atom is 0.252 e. The fourth-order valence-corrected chi connectivity index (χ4v) is 4.05. The largest absolute Gasteiger partial charge is 0.393 e. The third-order valence-electron chi connectivity index (χ3n) is 5.54. The fraction of sp³-hybridized carbons (Fsp3) is 0.192. The number of halogens is 3. The molecule has 1 amide bonds. The van der Waals surface area contributed by atoms with Gasteiger partial charge in [0.15, 0.2) is 0 Å². The second-order valence-corrected chi connectivity index (χ2v) is 8.25. The van der Waals surface area contributed by atoms with Crippen LogP contribution in [0.1, 0.15) is 27.2 Å². The Morgan fingerprint density at radius 3 is 2.62 bits per heavy atom. The lowest BCUT2D eigenvalue weighted by Gasteiger charge is -2.22. The van der Waals surface area contributed by atoms with Gasteiger partial charge in [-0.05, 0) is 53.6 Å². The van der Waals surface area contributed by atoms with Gasteiger partial charge in [-0.1, -0.05) is 35.9 Å². The molecule has 1 aliphatic heterocycles. The molecule has 5 nitrogen and oxygen atoms in total. The van der Waals surface area contributed by atoms with Crippen LogP contribution in [0.15, 0.2) is 77.9 Å². The summed E-state index contributed by atoms with van der Waals surface area (Å²) in [5.41, 5.74) is 3.43. The van der Waals surface area contributed by atoms with Crippen molar-refractivity contribution in [1.82, 2.24) is 10.3 Å². The van der Waals surface area contributed by atoms with Crippen molar-refractivity contribution in [3.8, 4) is 0 Å². The number of hydrogen-bond donors (Lipinski definition) is 2. The number of aliphatic imine (C=N–C) groups is 1. The molecule has 0 saturated carbocycles. The van der Waals surface area contributed by atoms with E-state index in [0.29, 0.717) is 28.5 Å². The van der Waals surface area contributed by atoms with Gasteiger partial charge in [0.1, 0.15) is 12.0 Å². The minimum Gasteiger partial charge on any atom is -0.393 e. The molecular weight excluding hydrogens is 460 g/mol. The van der Waals surface area contributed by atoms with Crippen LogP contribution in [0.25, 0.3) is 5.57 Å². The van der Waals surface area contributed by atoms with Gasteiger partial charge in [-0.15, -0.1) is 0 Å². The van der Waals surface area contributed by atoms with E-state index in [9.17, 15) is 18.7 Å². The van der Waals surface area contributed by atoms with Crippen LogP contribution in [0.5, 0.6) is 0 Å². The van der Waals surface area contributed by atoms with Gasteiger partial charge in [-0.2, -0.15) is 0 Å². The Labute approximate surface area is 200 Å². The molecule has 0 saturated heterocycles. The summed E-state index contributed by atoms with van der Waals surface area (Å²) in [4.78, 5) is 21.9. The molecule has 4 rings (SSSR count). The van der Waals surface area contributed by atoms with Crippen molar-refractivity contribution in [1.29, 1.82) is 0 Å². The van der Waals surface area contributed by atoms with E-state index < -0.39 is 24.7 Å². The van der Waals surface area contributed by atoms with Crippen molar-refractivity contribution in [2.75, 3.05) is 13.2 Å². The molecule has 2 aromatic carbocycles. The molecule has 2 N–H and O–H groups in total. The SMILES string of the molecule is O=C(N[C@H](Cc1ccccn1)[C@H](F)CO)c1cccc(Cl)c1C1=NCC(c2ccc(F)cc2)=C1. The lowest BCUT2D eigenvalue weighted by Crippen LogP contribution is -2.45. The molecule has 3 aromatic rings. The number of allylic oxidation sites excluding steroid dienone is 1. The van der Waals surface area contributed by atoms with Gasteiger partial charge < -0.3 is 10.4 Å². The van der Waals surface area contributed by atoms with E-state index in [0.717, 1.165) is 11.1 Å². The first kappa shape index (κ1) is 23.7. The maximum absolute atomic E-state index is 14.5. The summed E-state index contributed by atoms with van der Waals surface area (Å²) < 4.78 is 27.8. The Morgan fingerprint density at radius 1 is 1.12 bits per heavy atom. The Kier molecular flexibility index (Phi) is 7.45. The highest BCUT2D eigenvalue weighted by molar-refractivity contribution is 6.37. The molecule has 0 fully saturated rings. The average Bonchev–Trinajstić information content (AvgIpc) is 3.33. The minimum absolute atomic E-state index is 0.111. The Morgan fingerprint density at radius 2 is 1.91 bits per heavy atom. The number of hydrogen-bond acceptors (Lipinski definition) is 4. The number of carbonyl (C=O) groups excluding carboxylic acids is 1. The first-order valence-electron chi connectivity index (χ1n) is 10.7. The van der Waals surface area contributed by atoms with E-state index in [1.807, 2.05) is 6.08 Å². The molecule has 0 unspecified atom stereocenters. The second kappa shape index (κ2) is 10.7. The molecular formula is C26H22ClF2N3O2. The first-order valence-corrected chi connectivity index (χ1v) is 11.1. The van der Waals surface area contributed by atoms with E-state index in [2.05, 4.69) is 15.3 Å². The van der Waals surface area contributed by atoms with Crippen molar-refractivity contribution in [3.63, 3.8) is 0 Å². The zero-order valence-electron chi connectivity index (χ0n) is 18.1. The number of nitrogens with one attached hydrogen (secondary N) is 1. The number of rotatable bonds is 8. The van der Waals surface area contributed by atoms with E-state index in [1.54, 1.807) is 54.7 Å². The van der Waals surface area contributed by atoms with Crippen LogP contribution in [-0.4, -0.2) is 47.1 Å². The van der Waals surface area contributed by atoms with E-state index in [-0.39, 0.29) is 17.8 Å². The number of aromatic nitrogens is 1. The van der Waals surface area contributed by atoms with Crippen LogP contribution in [0.2, 0.25) is 5.02 Å². The zero-order chi connectivity index (χ0) is 24.1. The molecule has 34 heavy (non-hydrogen) atoms. The topological polar surface area (TPSA) is 74.6 Å². The summed E-state index contributed by atoms with van der Waals surface area (Å²) in [7, 11) is 0. The van der Waals surface area contributed by atoms with Crippen molar-refractivity contribution in [2.45, 2.75) is 18.6 Å². The normalized spacial score (nSPS) is 14.8. The van der Waals surface area contributed by atoms with E-state index in [1.165, 1.54) is 12.1 Å². The number of carbonyl (C=O) groups is 1. The molecule has 0 radical (unpaired) electrons. The number of benzene rings is 2. The molecule has 2 heterocycles. The monoisotopic (exact) mass is 481 g/mol. The third kappa shape index (κ3) is 5.38. The highest BCUT2D eigenvalue weighted by atomic mass is 35.5. The Balaban J connectivity index is 1.60. The smallest absolute Gasteiger partial charge is 0.252 e. The number of amides is 1. The minimum atomic E-state index is -1.68. The molecule has 0 bridgehead atoms. The third-order valence-corrected chi connectivity index (χ3v) is 5.86. The van der Waals surface area contributed by atoms with Gasteiger partial charge in [-0.3, -0.25) is 14.8 Å². The van der Waals surface area contributed by atoms with Crippen LogP contribution in [-0.2, 0) is 6.42 Å². The summed E-state index contributed by atoms with van der Waals surface area (Å²) in [5, 5.41) is 12.4. The number of alkyl halides is 1. The highest BCUT2D eigenvalue weighted by Crippen LogP contribution is 2.28. The first-order chi connectivity index (χ1) is 16.5. The number of aliphatic hydroxyl groups is 1. The van der Waals surface area contributed by atoms with Crippen LogP contribution in [0, 0.1) is 5.82 Å². The number of nitrogens with zero attached hydrogens (tertiary/aromatic N) is 2. The summed E-state index contributed by atoms with van der Waals surface area (Å²) >= 11 is 6.46. The summed E-state index contributed by atoms with van der Waals surface area (Å²) in [6.45, 7) is -0.386. The summed E-state index contributed by atoms with van der Waals surface area (Å²) in [6.07, 6.45) is 1.82. The van der Waals surface area contributed by atoms with Crippen molar-refractivity contribution >= 4 is 28.8 Å². The van der Waals surface area contributed by atoms with Gasteiger partial charge in [0.05, 0.1) is 35.5 Å². The number of pyridine rings is 1. The molecule has 0 spiro atoms. The molecule has 1 aliphatic rings. The quantitative estimate of drug-likeness (QED) is 0.500. The van der Waals surface area contributed by atoms with E-state index in [4.69, 9.17) is 11.6 Å². The van der Waals surface area contributed by atoms with Crippen LogP contribution in [0.4, 0.5) is 8.78 Å². The average molecular weight is 482 g/mol. The summed E-state index contributed by atoms with van der Waals surface area (Å²) in [5.74, 6) is -0.872. The molecule has 0 aliphatic carbocycles. The predicted molar refractivity (Wildman–Crippen MR) is 128 cm³/mol. The second-order valence-electron chi connectivity index (χ2n) is 7.84.